The van der Waals surface area contributed by atoms with Crippen LogP contribution in [-0.4, -0.2) is 19.1 Å². The lowest BCUT2D eigenvalue weighted by Crippen LogP contribution is -2.16. The van der Waals surface area contributed by atoms with Crippen LogP contribution in [0.25, 0.3) is 4.85 Å². The molecule has 0 spiro atoms. The van der Waals surface area contributed by atoms with Gasteiger partial charge in [0.25, 0.3) is 5.70 Å². The van der Waals surface area contributed by atoms with Gasteiger partial charge in [0, 0.05) is 11.4 Å². The predicted molar refractivity (Wildman–Crippen MR) is 93.9 cm³/mol. The summed E-state index contributed by atoms with van der Waals surface area (Å²) in [6, 6.07) is 8.27. The third-order valence-electron chi connectivity index (χ3n) is 3.16. The molecule has 118 valence electrons. The fourth-order valence-electron chi connectivity index (χ4n) is 2.14. The van der Waals surface area contributed by atoms with Gasteiger partial charge in [0.15, 0.2) is 0 Å². The Kier molecular flexibility index (Phi) is 6.07. The van der Waals surface area contributed by atoms with Crippen molar-refractivity contribution in [2.75, 3.05) is 18.1 Å². The third kappa shape index (κ3) is 4.05. The molecule has 0 fully saturated rings. The summed E-state index contributed by atoms with van der Waals surface area (Å²) in [6.07, 6.45) is 6.98. The summed E-state index contributed by atoms with van der Waals surface area (Å²) in [4.78, 5) is 18.2. The van der Waals surface area contributed by atoms with Crippen LogP contribution < -0.4 is 4.90 Å². The molecule has 0 aliphatic carbocycles. The molecule has 5 heteroatoms. The van der Waals surface area contributed by atoms with Crippen molar-refractivity contribution in [1.29, 1.82) is 0 Å². The summed E-state index contributed by atoms with van der Waals surface area (Å²) < 4.78 is 4.82. The minimum Gasteiger partial charge on any atom is -0.471 e. The maximum Gasteiger partial charge on any atom is 0.336 e. The Morgan fingerprint density at radius 3 is 2.83 bits per heavy atom. The Balaban J connectivity index is 2.12. The predicted octanol–water partition coefficient (Wildman–Crippen LogP) is 4.38. The molecular weight excluding hydrogens is 308 g/mol. The van der Waals surface area contributed by atoms with Crippen molar-refractivity contribution in [3.05, 3.63) is 70.7 Å². The fourth-order valence-corrected chi connectivity index (χ4v) is 3.28. The zero-order valence-electron chi connectivity index (χ0n) is 13.2. The first-order chi connectivity index (χ1) is 11.2. The largest absolute Gasteiger partial charge is 0.471 e. The van der Waals surface area contributed by atoms with E-state index in [2.05, 4.69) is 28.8 Å². The fraction of sp³-hybridized carbons (Fsp3) is 0.222. The molecule has 0 saturated heterocycles. The van der Waals surface area contributed by atoms with Crippen molar-refractivity contribution in [2.45, 2.75) is 18.7 Å². The van der Waals surface area contributed by atoms with Crippen molar-refractivity contribution < 1.29 is 9.53 Å². The first-order valence-corrected chi connectivity index (χ1v) is 8.20. The van der Waals surface area contributed by atoms with E-state index in [0.29, 0.717) is 0 Å². The van der Waals surface area contributed by atoms with Gasteiger partial charge in [-0.3, -0.25) is 4.79 Å². The van der Waals surface area contributed by atoms with E-state index < -0.39 is 5.97 Å². The molecule has 0 unspecified atom stereocenters. The van der Waals surface area contributed by atoms with Gasteiger partial charge >= 0.3 is 5.97 Å². The average Bonchev–Trinajstić information content (AvgIpc) is 2.92. The van der Waals surface area contributed by atoms with Crippen LogP contribution in [0.15, 0.2) is 64.2 Å². The second-order valence-corrected chi connectivity index (χ2v) is 5.65. The molecule has 0 aromatic heterocycles. The molecule has 1 heterocycles. The molecule has 0 saturated carbocycles. The number of fused-ring (bicyclic) bond motifs is 1. The van der Waals surface area contributed by atoms with Crippen molar-refractivity contribution >= 4 is 23.4 Å². The first kappa shape index (κ1) is 16.9. The van der Waals surface area contributed by atoms with E-state index in [0.717, 1.165) is 11.6 Å². The van der Waals surface area contributed by atoms with Gasteiger partial charge in [-0.05, 0) is 38.1 Å². The smallest absolute Gasteiger partial charge is 0.336 e. The van der Waals surface area contributed by atoms with Crippen LogP contribution in [0, 0.1) is 6.57 Å². The van der Waals surface area contributed by atoms with Crippen LogP contribution in [0.4, 0.5) is 5.69 Å². The summed E-state index contributed by atoms with van der Waals surface area (Å²) in [5.41, 5.74) is 1.19. The number of rotatable bonds is 5. The van der Waals surface area contributed by atoms with Crippen molar-refractivity contribution in [3.63, 3.8) is 0 Å². The normalized spacial score (nSPS) is 15.8. The number of hydrogen-bond donors (Lipinski definition) is 0. The van der Waals surface area contributed by atoms with E-state index in [4.69, 9.17) is 11.3 Å². The topological polar surface area (TPSA) is 33.9 Å². The number of esters is 1. The Hall–Kier alpha value is -2.45. The average molecular weight is 326 g/mol. The van der Waals surface area contributed by atoms with Gasteiger partial charge in [-0.1, -0.05) is 36.0 Å². The highest BCUT2D eigenvalue weighted by molar-refractivity contribution is 8.03. The second kappa shape index (κ2) is 8.25. The Morgan fingerprint density at radius 1 is 1.35 bits per heavy atom. The summed E-state index contributed by atoms with van der Waals surface area (Å²) in [5, 5.41) is 1.12. The molecule has 4 nitrogen and oxygen atoms in total. The van der Waals surface area contributed by atoms with E-state index in [1.165, 1.54) is 16.7 Å². The molecule has 0 atom stereocenters. The van der Waals surface area contributed by atoms with Crippen LogP contribution in [0.1, 0.15) is 13.8 Å². The highest BCUT2D eigenvalue weighted by atomic mass is 32.2. The first-order valence-electron chi connectivity index (χ1n) is 7.38. The minimum atomic E-state index is -0.586. The number of ether oxygens (including phenoxy) is 1. The van der Waals surface area contributed by atoms with E-state index >= 15 is 0 Å². The van der Waals surface area contributed by atoms with Gasteiger partial charge in [-0.2, -0.15) is 0 Å². The van der Waals surface area contributed by atoms with E-state index in [9.17, 15) is 4.79 Å². The van der Waals surface area contributed by atoms with Crippen LogP contribution in [0.3, 0.4) is 0 Å². The van der Waals surface area contributed by atoms with Gasteiger partial charge < -0.3 is 9.64 Å². The standard InChI is InChI=1S/C18H18N2O2S/c1-4-20-15-11-7-8-12-16(15)23-17(20)13-9-6-10-14(19-3)18(21)22-5-2/h6-13H,4-5H2,1-2H3/b9-6+,14-10-,17-13-. The lowest BCUT2D eigenvalue weighted by atomic mass is 10.3. The number of benzene rings is 1. The maximum absolute atomic E-state index is 11.5. The van der Waals surface area contributed by atoms with Gasteiger partial charge in [0.2, 0.25) is 0 Å². The highest BCUT2D eigenvalue weighted by Gasteiger charge is 2.22. The van der Waals surface area contributed by atoms with Crippen molar-refractivity contribution in [2.24, 2.45) is 0 Å². The zero-order chi connectivity index (χ0) is 16.7. The van der Waals surface area contributed by atoms with Crippen LogP contribution >= 0.6 is 11.8 Å². The lowest BCUT2D eigenvalue weighted by molar-refractivity contribution is -0.138. The van der Waals surface area contributed by atoms with Gasteiger partial charge in [-0.25, -0.2) is 4.85 Å². The summed E-state index contributed by atoms with van der Waals surface area (Å²) >= 11 is 1.71. The van der Waals surface area contributed by atoms with Crippen molar-refractivity contribution in [3.8, 4) is 0 Å². The summed E-state index contributed by atoms with van der Waals surface area (Å²) in [5.74, 6) is -0.586. The zero-order valence-corrected chi connectivity index (χ0v) is 14.0. The number of nitrogens with zero attached hydrogens (tertiary/aromatic N) is 2. The van der Waals surface area contributed by atoms with E-state index in [-0.39, 0.29) is 12.3 Å². The van der Waals surface area contributed by atoms with Crippen LogP contribution in [0.5, 0.6) is 0 Å². The molecular formula is C18H18N2O2S. The number of para-hydroxylation sites is 1. The van der Waals surface area contributed by atoms with Gasteiger partial charge in [-0.15, -0.1) is 0 Å². The summed E-state index contributed by atoms with van der Waals surface area (Å²) in [7, 11) is 0. The number of anilines is 1. The van der Waals surface area contributed by atoms with Gasteiger partial charge in [0.05, 0.1) is 23.9 Å². The monoisotopic (exact) mass is 326 g/mol. The Morgan fingerprint density at radius 2 is 2.13 bits per heavy atom. The van der Waals surface area contributed by atoms with Crippen molar-refractivity contribution in [1.82, 2.24) is 0 Å². The summed E-state index contributed by atoms with van der Waals surface area (Å²) in [6.45, 7) is 12.0. The molecule has 0 radical (unpaired) electrons. The minimum absolute atomic E-state index is 0.0174. The molecule has 23 heavy (non-hydrogen) atoms. The van der Waals surface area contributed by atoms with Crippen LogP contribution in [-0.2, 0) is 9.53 Å². The quantitative estimate of drug-likeness (QED) is 0.348. The third-order valence-corrected chi connectivity index (χ3v) is 4.29. The van der Waals surface area contributed by atoms with E-state index in [1.807, 2.05) is 24.3 Å². The van der Waals surface area contributed by atoms with E-state index in [1.54, 1.807) is 24.8 Å². The number of hydrogen-bond acceptors (Lipinski definition) is 4. The van der Waals surface area contributed by atoms with Crippen LogP contribution in [0.2, 0.25) is 0 Å². The highest BCUT2D eigenvalue weighted by Crippen LogP contribution is 2.45. The SMILES string of the molecule is [C-]#[N+]\C(=C/C=C/C=C1\Sc2ccccc2N1CC)C(=O)OCC. The molecule has 1 aromatic rings. The molecule has 0 bridgehead atoms. The Bertz CT molecular complexity index is 714. The molecule has 2 rings (SSSR count). The molecule has 1 aliphatic heterocycles. The lowest BCUT2D eigenvalue weighted by Gasteiger charge is -2.17. The molecule has 1 aliphatic rings. The Labute approximate surface area is 140 Å². The molecule has 0 N–H and O–H groups in total. The number of thioether (sulfide) groups is 1. The van der Waals surface area contributed by atoms with Gasteiger partial charge in [0.1, 0.15) is 0 Å². The maximum atomic E-state index is 11.5. The number of allylic oxidation sites excluding steroid dienone is 4. The number of carbonyl (C=O) groups excluding carboxylic acids is 1. The molecule has 1 aromatic carbocycles. The molecule has 0 amide bonds. The second-order valence-electron chi connectivity index (χ2n) is 4.59. The number of carbonyl (C=O) groups is 1.